The third kappa shape index (κ3) is 4.91. The van der Waals surface area contributed by atoms with Gasteiger partial charge in [-0.15, -0.1) is 0 Å². The summed E-state index contributed by atoms with van der Waals surface area (Å²) in [6, 6.07) is 10.8. The lowest BCUT2D eigenvalue weighted by Gasteiger charge is -2.34. The molecule has 1 aromatic carbocycles. The molecule has 0 amide bonds. The number of hydrogen-bond donors (Lipinski definition) is 1. The van der Waals surface area contributed by atoms with Gasteiger partial charge in [0, 0.05) is 11.6 Å². The molecule has 0 radical (unpaired) electrons. The first-order chi connectivity index (χ1) is 9.36. The lowest BCUT2D eigenvalue weighted by Crippen LogP contribution is -2.49. The van der Waals surface area contributed by atoms with Gasteiger partial charge in [0.25, 0.3) is 0 Å². The SMILES string of the molecule is CC(C)(CCc1ccccc1)NC1CCS(=O)(=O)CC1. The van der Waals surface area contributed by atoms with Crippen molar-refractivity contribution in [3.8, 4) is 0 Å². The Bertz CT molecular complexity index is 509. The second-order valence-corrected chi connectivity index (χ2v) is 8.74. The van der Waals surface area contributed by atoms with Crippen LogP contribution in [-0.4, -0.2) is 31.5 Å². The molecular weight excluding hydrogens is 270 g/mol. The number of aryl methyl sites for hydroxylation is 1. The molecule has 0 aromatic heterocycles. The van der Waals surface area contributed by atoms with Crippen LogP contribution >= 0.6 is 0 Å². The van der Waals surface area contributed by atoms with Crippen LogP contribution in [0.5, 0.6) is 0 Å². The minimum absolute atomic E-state index is 0.0433. The standard InChI is InChI=1S/C16H25NO2S/c1-16(2,11-8-14-6-4-3-5-7-14)17-15-9-12-20(18,19)13-10-15/h3-7,15,17H,8-13H2,1-2H3. The van der Waals surface area contributed by atoms with Gasteiger partial charge in [0.1, 0.15) is 9.84 Å². The van der Waals surface area contributed by atoms with Crippen molar-refractivity contribution in [3.05, 3.63) is 35.9 Å². The molecule has 1 aliphatic heterocycles. The lowest BCUT2D eigenvalue weighted by molar-refractivity contribution is 0.300. The van der Waals surface area contributed by atoms with Gasteiger partial charge in [-0.25, -0.2) is 8.42 Å². The molecule has 0 bridgehead atoms. The van der Waals surface area contributed by atoms with Crippen LogP contribution < -0.4 is 5.32 Å². The van der Waals surface area contributed by atoms with Crippen molar-refractivity contribution in [2.75, 3.05) is 11.5 Å². The quantitative estimate of drug-likeness (QED) is 0.908. The van der Waals surface area contributed by atoms with E-state index in [1.54, 1.807) is 0 Å². The van der Waals surface area contributed by atoms with Crippen LogP contribution in [0.2, 0.25) is 0 Å². The summed E-state index contributed by atoms with van der Waals surface area (Å²) in [6.07, 6.45) is 3.60. The van der Waals surface area contributed by atoms with Gasteiger partial charge < -0.3 is 5.32 Å². The third-order valence-corrected chi connectivity index (χ3v) is 5.75. The van der Waals surface area contributed by atoms with Crippen LogP contribution in [-0.2, 0) is 16.3 Å². The van der Waals surface area contributed by atoms with Gasteiger partial charge in [-0.05, 0) is 45.1 Å². The molecule has 0 aliphatic carbocycles. The van der Waals surface area contributed by atoms with Crippen LogP contribution in [0.1, 0.15) is 38.7 Å². The van der Waals surface area contributed by atoms with Crippen LogP contribution in [0.15, 0.2) is 30.3 Å². The molecule has 112 valence electrons. The van der Waals surface area contributed by atoms with Gasteiger partial charge in [0.15, 0.2) is 0 Å². The number of hydrogen-bond acceptors (Lipinski definition) is 3. The molecule has 1 N–H and O–H groups in total. The Hall–Kier alpha value is -0.870. The average Bonchev–Trinajstić information content (AvgIpc) is 2.40. The number of benzene rings is 1. The summed E-state index contributed by atoms with van der Waals surface area (Å²) >= 11 is 0. The van der Waals surface area contributed by atoms with Gasteiger partial charge in [0.2, 0.25) is 0 Å². The van der Waals surface area contributed by atoms with E-state index in [0.717, 1.165) is 25.7 Å². The summed E-state index contributed by atoms with van der Waals surface area (Å²) in [5.74, 6) is 0.666. The Balaban J connectivity index is 1.82. The van der Waals surface area contributed by atoms with E-state index in [1.807, 2.05) is 6.07 Å². The number of nitrogens with one attached hydrogen (secondary N) is 1. The maximum atomic E-state index is 11.4. The van der Waals surface area contributed by atoms with Gasteiger partial charge in [-0.2, -0.15) is 0 Å². The first-order valence-corrected chi connectivity index (χ1v) is 9.21. The summed E-state index contributed by atoms with van der Waals surface area (Å²) in [6.45, 7) is 4.41. The zero-order valence-corrected chi connectivity index (χ0v) is 13.2. The molecule has 1 aliphatic rings. The van der Waals surface area contributed by atoms with Crippen molar-refractivity contribution >= 4 is 9.84 Å². The van der Waals surface area contributed by atoms with Crippen molar-refractivity contribution in [3.63, 3.8) is 0 Å². The van der Waals surface area contributed by atoms with Crippen LogP contribution in [0.3, 0.4) is 0 Å². The molecule has 3 nitrogen and oxygen atoms in total. The van der Waals surface area contributed by atoms with E-state index in [9.17, 15) is 8.42 Å². The molecule has 0 spiro atoms. The van der Waals surface area contributed by atoms with Crippen LogP contribution in [0.25, 0.3) is 0 Å². The normalized spacial score (nSPS) is 19.9. The lowest BCUT2D eigenvalue weighted by atomic mass is 9.93. The summed E-state index contributed by atoms with van der Waals surface area (Å²) in [5.41, 5.74) is 1.40. The largest absolute Gasteiger partial charge is 0.309 e. The molecule has 1 aromatic rings. The first kappa shape index (κ1) is 15.5. The van der Waals surface area contributed by atoms with E-state index >= 15 is 0 Å². The molecule has 1 fully saturated rings. The maximum Gasteiger partial charge on any atom is 0.150 e. The highest BCUT2D eigenvalue weighted by Crippen LogP contribution is 2.19. The number of sulfone groups is 1. The highest BCUT2D eigenvalue weighted by atomic mass is 32.2. The van der Waals surface area contributed by atoms with Gasteiger partial charge >= 0.3 is 0 Å². The minimum Gasteiger partial charge on any atom is -0.309 e. The third-order valence-electron chi connectivity index (χ3n) is 4.03. The smallest absolute Gasteiger partial charge is 0.150 e. The second kappa shape index (κ2) is 6.27. The molecule has 0 unspecified atom stereocenters. The monoisotopic (exact) mass is 295 g/mol. The maximum absolute atomic E-state index is 11.4. The average molecular weight is 295 g/mol. The zero-order chi connectivity index (χ0) is 14.6. The van der Waals surface area contributed by atoms with Crippen molar-refractivity contribution in [2.45, 2.75) is 51.1 Å². The number of rotatable bonds is 5. The molecule has 1 saturated heterocycles. The first-order valence-electron chi connectivity index (χ1n) is 7.38. The van der Waals surface area contributed by atoms with Crippen LogP contribution in [0, 0.1) is 0 Å². The fourth-order valence-corrected chi connectivity index (χ4v) is 4.25. The van der Waals surface area contributed by atoms with E-state index in [-0.39, 0.29) is 5.54 Å². The van der Waals surface area contributed by atoms with E-state index in [2.05, 4.69) is 43.4 Å². The Labute approximate surface area is 122 Å². The summed E-state index contributed by atoms with van der Waals surface area (Å²) < 4.78 is 22.9. The molecule has 4 heteroatoms. The van der Waals surface area contributed by atoms with Gasteiger partial charge in [-0.1, -0.05) is 30.3 Å². The van der Waals surface area contributed by atoms with E-state index in [0.29, 0.717) is 17.5 Å². The van der Waals surface area contributed by atoms with Gasteiger partial charge in [-0.3, -0.25) is 0 Å². The predicted octanol–water partition coefficient (Wildman–Crippen LogP) is 2.56. The zero-order valence-electron chi connectivity index (χ0n) is 12.4. The van der Waals surface area contributed by atoms with E-state index in [4.69, 9.17) is 0 Å². The van der Waals surface area contributed by atoms with Crippen molar-refractivity contribution in [2.24, 2.45) is 0 Å². The fourth-order valence-electron chi connectivity index (χ4n) is 2.76. The van der Waals surface area contributed by atoms with Crippen molar-refractivity contribution in [1.29, 1.82) is 0 Å². The molecular formula is C16H25NO2S. The summed E-state index contributed by atoms with van der Waals surface area (Å²) in [7, 11) is -2.77. The minimum atomic E-state index is -2.77. The summed E-state index contributed by atoms with van der Waals surface area (Å²) in [4.78, 5) is 0. The molecule has 0 saturated carbocycles. The fraction of sp³-hybridized carbons (Fsp3) is 0.625. The second-order valence-electron chi connectivity index (χ2n) is 6.44. The topological polar surface area (TPSA) is 46.2 Å². The Morgan fingerprint density at radius 1 is 1.15 bits per heavy atom. The highest BCUT2D eigenvalue weighted by Gasteiger charge is 2.28. The van der Waals surface area contributed by atoms with Crippen molar-refractivity contribution in [1.82, 2.24) is 5.32 Å². The van der Waals surface area contributed by atoms with E-state index in [1.165, 1.54) is 5.56 Å². The van der Waals surface area contributed by atoms with E-state index < -0.39 is 9.84 Å². The Morgan fingerprint density at radius 2 is 1.75 bits per heavy atom. The molecule has 0 atom stereocenters. The Morgan fingerprint density at radius 3 is 2.35 bits per heavy atom. The van der Waals surface area contributed by atoms with Gasteiger partial charge in [0.05, 0.1) is 11.5 Å². The molecule has 2 rings (SSSR count). The molecule has 20 heavy (non-hydrogen) atoms. The Kier molecular flexibility index (Phi) is 4.86. The highest BCUT2D eigenvalue weighted by molar-refractivity contribution is 7.91. The van der Waals surface area contributed by atoms with Crippen molar-refractivity contribution < 1.29 is 8.42 Å². The van der Waals surface area contributed by atoms with Crippen LogP contribution in [0.4, 0.5) is 0 Å². The molecule has 1 heterocycles. The predicted molar refractivity (Wildman–Crippen MR) is 83.7 cm³/mol. The summed E-state index contributed by atoms with van der Waals surface area (Å²) in [5, 5.41) is 3.64.